The Balaban J connectivity index is 2.57. The molecule has 0 radical (unpaired) electrons. The highest BCUT2D eigenvalue weighted by atomic mass is 16.1. The minimum atomic E-state index is 0.0372. The molecule has 0 spiro atoms. The van der Waals surface area contributed by atoms with E-state index in [0.29, 0.717) is 6.54 Å². The van der Waals surface area contributed by atoms with Gasteiger partial charge in [-0.3, -0.25) is 9.36 Å². The molecule has 1 unspecified atom stereocenters. The van der Waals surface area contributed by atoms with E-state index >= 15 is 0 Å². The van der Waals surface area contributed by atoms with E-state index in [1.807, 2.05) is 39.1 Å². The molecule has 1 aromatic heterocycles. The summed E-state index contributed by atoms with van der Waals surface area (Å²) in [4.78, 5) is 16.6. The van der Waals surface area contributed by atoms with E-state index < -0.39 is 0 Å². The zero-order valence-corrected chi connectivity index (χ0v) is 10.4. The molecule has 0 saturated heterocycles. The molecule has 0 saturated carbocycles. The van der Waals surface area contributed by atoms with Gasteiger partial charge < -0.3 is 5.32 Å². The molecule has 0 fully saturated rings. The van der Waals surface area contributed by atoms with Crippen molar-refractivity contribution in [2.45, 2.75) is 26.4 Å². The molecule has 0 aliphatic carbocycles. The van der Waals surface area contributed by atoms with Crippen LogP contribution < -0.4 is 10.9 Å². The van der Waals surface area contributed by atoms with Crippen LogP contribution in [0.3, 0.4) is 0 Å². The third-order valence-electron chi connectivity index (χ3n) is 3.03. The number of benzene rings is 1. The molecule has 1 heterocycles. The van der Waals surface area contributed by atoms with Crippen molar-refractivity contribution in [2.75, 3.05) is 7.05 Å². The molecule has 1 atom stereocenters. The number of likely N-dealkylation sites (N-methyl/N-ethyl adjacent to an activating group) is 1. The predicted octanol–water partition coefficient (Wildman–Crippen LogP) is 1.31. The van der Waals surface area contributed by atoms with Crippen LogP contribution in [0.25, 0.3) is 10.9 Å². The summed E-state index contributed by atoms with van der Waals surface area (Å²) in [5.74, 6) is 0. The van der Waals surface area contributed by atoms with Gasteiger partial charge in [0.15, 0.2) is 0 Å². The first-order chi connectivity index (χ1) is 8.13. The molecule has 4 heteroatoms. The van der Waals surface area contributed by atoms with E-state index in [0.717, 1.165) is 16.5 Å². The first-order valence-electron chi connectivity index (χ1n) is 5.75. The Morgan fingerprint density at radius 3 is 2.94 bits per heavy atom. The lowest BCUT2D eigenvalue weighted by molar-refractivity contribution is 0.503. The van der Waals surface area contributed by atoms with Crippen LogP contribution in [-0.2, 0) is 6.54 Å². The highest BCUT2D eigenvalue weighted by Gasteiger charge is 2.08. The normalized spacial score (nSPS) is 12.9. The summed E-state index contributed by atoms with van der Waals surface area (Å²) in [5.41, 5.74) is 1.78. The average Bonchev–Trinajstić information content (AvgIpc) is 2.32. The molecule has 0 aliphatic rings. The minimum absolute atomic E-state index is 0.0372. The predicted molar refractivity (Wildman–Crippen MR) is 69.3 cm³/mol. The molecule has 4 nitrogen and oxygen atoms in total. The summed E-state index contributed by atoms with van der Waals surface area (Å²) >= 11 is 0. The molecule has 2 rings (SSSR count). The van der Waals surface area contributed by atoms with Crippen LogP contribution >= 0.6 is 0 Å². The Morgan fingerprint density at radius 1 is 1.47 bits per heavy atom. The van der Waals surface area contributed by atoms with Crippen molar-refractivity contribution in [3.8, 4) is 0 Å². The minimum Gasteiger partial charge on any atom is -0.315 e. The molecule has 0 amide bonds. The van der Waals surface area contributed by atoms with E-state index in [2.05, 4.69) is 10.3 Å². The maximum Gasteiger partial charge on any atom is 0.261 e. The van der Waals surface area contributed by atoms with Crippen LogP contribution in [0, 0.1) is 6.92 Å². The molecule has 17 heavy (non-hydrogen) atoms. The number of nitrogens with zero attached hydrogens (tertiary/aromatic N) is 2. The van der Waals surface area contributed by atoms with Gasteiger partial charge in [-0.2, -0.15) is 0 Å². The molecule has 1 aromatic carbocycles. The van der Waals surface area contributed by atoms with Crippen molar-refractivity contribution in [1.29, 1.82) is 0 Å². The second-order valence-corrected chi connectivity index (χ2v) is 4.36. The summed E-state index contributed by atoms with van der Waals surface area (Å²) in [6.07, 6.45) is 1.62. The van der Waals surface area contributed by atoms with E-state index in [1.54, 1.807) is 10.9 Å². The summed E-state index contributed by atoms with van der Waals surface area (Å²) < 4.78 is 1.66. The van der Waals surface area contributed by atoms with E-state index in [4.69, 9.17) is 0 Å². The van der Waals surface area contributed by atoms with Gasteiger partial charge in [-0.25, -0.2) is 4.98 Å². The third kappa shape index (κ3) is 2.22. The maximum absolute atomic E-state index is 12.3. The fraction of sp³-hybridized carbons (Fsp3) is 0.385. The molecular formula is C13H17N3O. The molecule has 1 N–H and O–H groups in total. The molecular weight excluding hydrogens is 214 g/mol. The van der Waals surface area contributed by atoms with Crippen molar-refractivity contribution < 1.29 is 0 Å². The van der Waals surface area contributed by atoms with Gasteiger partial charge in [-0.1, -0.05) is 12.1 Å². The number of aryl methyl sites for hydroxylation is 1. The monoisotopic (exact) mass is 231 g/mol. The van der Waals surface area contributed by atoms with E-state index in [9.17, 15) is 4.79 Å². The number of rotatable bonds is 3. The molecule has 0 bridgehead atoms. The van der Waals surface area contributed by atoms with Gasteiger partial charge in [0.25, 0.3) is 5.56 Å². The van der Waals surface area contributed by atoms with Crippen LogP contribution in [0.2, 0.25) is 0 Å². The van der Waals surface area contributed by atoms with Gasteiger partial charge >= 0.3 is 0 Å². The zero-order valence-electron chi connectivity index (χ0n) is 10.4. The smallest absolute Gasteiger partial charge is 0.261 e. The molecule has 2 aromatic rings. The number of aromatic nitrogens is 2. The number of nitrogens with one attached hydrogen (secondary N) is 1. The fourth-order valence-electron chi connectivity index (χ4n) is 1.88. The highest BCUT2D eigenvalue weighted by molar-refractivity contribution is 5.80. The Bertz CT molecular complexity index is 589. The second kappa shape index (κ2) is 4.67. The van der Waals surface area contributed by atoms with Crippen LogP contribution in [0.4, 0.5) is 0 Å². The van der Waals surface area contributed by atoms with Crippen molar-refractivity contribution in [1.82, 2.24) is 14.9 Å². The first kappa shape index (κ1) is 11.8. The van der Waals surface area contributed by atoms with Crippen molar-refractivity contribution >= 4 is 10.9 Å². The Hall–Kier alpha value is -1.68. The summed E-state index contributed by atoms with van der Waals surface area (Å²) in [7, 11) is 1.88. The largest absolute Gasteiger partial charge is 0.315 e. The van der Waals surface area contributed by atoms with Gasteiger partial charge in [0.05, 0.1) is 17.2 Å². The van der Waals surface area contributed by atoms with Crippen LogP contribution in [0.15, 0.2) is 29.3 Å². The van der Waals surface area contributed by atoms with Crippen LogP contribution in [0.5, 0.6) is 0 Å². The molecule has 0 aliphatic heterocycles. The van der Waals surface area contributed by atoms with E-state index in [1.165, 1.54) is 0 Å². The topological polar surface area (TPSA) is 46.9 Å². The quantitative estimate of drug-likeness (QED) is 0.866. The van der Waals surface area contributed by atoms with Crippen LogP contribution in [-0.4, -0.2) is 22.6 Å². The average molecular weight is 231 g/mol. The van der Waals surface area contributed by atoms with Gasteiger partial charge in [0.2, 0.25) is 0 Å². The lowest BCUT2D eigenvalue weighted by atomic mass is 10.1. The van der Waals surface area contributed by atoms with E-state index in [-0.39, 0.29) is 11.6 Å². The summed E-state index contributed by atoms with van der Waals surface area (Å²) in [6, 6.07) is 5.98. The second-order valence-electron chi connectivity index (χ2n) is 4.36. The standard InChI is InChI=1S/C13H17N3O/c1-9-5-4-6-11-12(9)13(17)16(8-15-11)7-10(2)14-3/h4-6,8,10,14H,7H2,1-3H3. The van der Waals surface area contributed by atoms with Crippen molar-refractivity contribution in [3.05, 3.63) is 40.4 Å². The third-order valence-corrected chi connectivity index (χ3v) is 3.03. The Morgan fingerprint density at radius 2 is 2.24 bits per heavy atom. The maximum atomic E-state index is 12.3. The number of fused-ring (bicyclic) bond motifs is 1. The van der Waals surface area contributed by atoms with Gasteiger partial charge in [-0.15, -0.1) is 0 Å². The van der Waals surface area contributed by atoms with Crippen molar-refractivity contribution in [2.24, 2.45) is 0 Å². The SMILES string of the molecule is CNC(C)Cn1cnc2cccc(C)c2c1=O. The molecule has 90 valence electrons. The summed E-state index contributed by atoms with van der Waals surface area (Å²) in [6.45, 7) is 4.61. The lowest BCUT2D eigenvalue weighted by Gasteiger charge is -2.12. The highest BCUT2D eigenvalue weighted by Crippen LogP contribution is 2.11. The van der Waals surface area contributed by atoms with Gasteiger partial charge in [-0.05, 0) is 32.5 Å². The number of hydrogen-bond donors (Lipinski definition) is 1. The van der Waals surface area contributed by atoms with Gasteiger partial charge in [0.1, 0.15) is 0 Å². The Labute approximate surface area is 100 Å². The van der Waals surface area contributed by atoms with Gasteiger partial charge in [0, 0.05) is 12.6 Å². The fourth-order valence-corrected chi connectivity index (χ4v) is 1.88. The lowest BCUT2D eigenvalue weighted by Crippen LogP contribution is -2.32. The number of hydrogen-bond acceptors (Lipinski definition) is 3. The Kier molecular flexibility index (Phi) is 3.24. The van der Waals surface area contributed by atoms with Crippen molar-refractivity contribution in [3.63, 3.8) is 0 Å². The zero-order chi connectivity index (χ0) is 12.4. The summed E-state index contributed by atoms with van der Waals surface area (Å²) in [5, 5.41) is 3.84. The van der Waals surface area contributed by atoms with Crippen LogP contribution in [0.1, 0.15) is 12.5 Å². The first-order valence-corrected chi connectivity index (χ1v) is 5.75.